The predicted molar refractivity (Wildman–Crippen MR) is 58.1 cm³/mol. The van der Waals surface area contributed by atoms with E-state index in [9.17, 15) is 0 Å². The fourth-order valence-corrected chi connectivity index (χ4v) is 4.57. The standard InChI is InChI=1S/C10H23OP/c1-8-11-12(9(2,3)4)10(5,6)7/h8H2,1-7H3. The van der Waals surface area contributed by atoms with E-state index in [0.29, 0.717) is 10.3 Å². The maximum atomic E-state index is 5.84. The van der Waals surface area contributed by atoms with Gasteiger partial charge in [-0.1, -0.05) is 41.5 Å². The van der Waals surface area contributed by atoms with Crippen molar-refractivity contribution in [2.24, 2.45) is 0 Å². The molecule has 0 unspecified atom stereocenters. The topological polar surface area (TPSA) is 9.23 Å². The lowest BCUT2D eigenvalue weighted by molar-refractivity contribution is 0.350. The van der Waals surface area contributed by atoms with Gasteiger partial charge in [-0.3, -0.25) is 0 Å². The summed E-state index contributed by atoms with van der Waals surface area (Å²) in [5, 5.41) is 0.590. The third-order valence-electron chi connectivity index (χ3n) is 1.48. The third-order valence-corrected chi connectivity index (χ3v) is 4.43. The van der Waals surface area contributed by atoms with Gasteiger partial charge in [0.25, 0.3) is 0 Å². The van der Waals surface area contributed by atoms with E-state index in [1.807, 2.05) is 0 Å². The Morgan fingerprint density at radius 3 is 1.33 bits per heavy atom. The Hall–Kier alpha value is 0.390. The molecule has 0 rings (SSSR count). The number of hydrogen-bond acceptors (Lipinski definition) is 1. The Morgan fingerprint density at radius 1 is 0.917 bits per heavy atom. The molecule has 0 amide bonds. The largest absolute Gasteiger partial charge is 0.358 e. The van der Waals surface area contributed by atoms with Gasteiger partial charge in [-0.05, 0) is 6.92 Å². The van der Waals surface area contributed by atoms with E-state index in [2.05, 4.69) is 48.5 Å². The highest BCUT2D eigenvalue weighted by Gasteiger charge is 2.35. The fraction of sp³-hybridized carbons (Fsp3) is 1.00. The average molecular weight is 190 g/mol. The van der Waals surface area contributed by atoms with Crippen LogP contribution >= 0.6 is 8.15 Å². The first-order valence-electron chi connectivity index (χ1n) is 4.63. The molecule has 0 saturated heterocycles. The molecule has 0 radical (unpaired) electrons. The van der Waals surface area contributed by atoms with Crippen LogP contribution in [0.4, 0.5) is 0 Å². The van der Waals surface area contributed by atoms with Crippen molar-refractivity contribution in [2.45, 2.75) is 58.8 Å². The molecule has 0 atom stereocenters. The number of hydrogen-bond donors (Lipinski definition) is 0. The van der Waals surface area contributed by atoms with Gasteiger partial charge in [0.2, 0.25) is 0 Å². The van der Waals surface area contributed by atoms with Gasteiger partial charge in [0, 0.05) is 25.1 Å². The van der Waals surface area contributed by atoms with Gasteiger partial charge < -0.3 is 4.52 Å². The van der Waals surface area contributed by atoms with Crippen molar-refractivity contribution in [1.29, 1.82) is 0 Å². The minimum Gasteiger partial charge on any atom is -0.358 e. The molecule has 0 aromatic rings. The molecule has 0 aliphatic heterocycles. The molecule has 0 fully saturated rings. The van der Waals surface area contributed by atoms with Gasteiger partial charge in [-0.2, -0.15) is 0 Å². The van der Waals surface area contributed by atoms with E-state index in [0.717, 1.165) is 6.61 Å². The molecule has 0 aromatic carbocycles. The van der Waals surface area contributed by atoms with Crippen molar-refractivity contribution in [3.63, 3.8) is 0 Å². The van der Waals surface area contributed by atoms with Crippen molar-refractivity contribution in [3.05, 3.63) is 0 Å². The van der Waals surface area contributed by atoms with Crippen LogP contribution in [0.15, 0.2) is 0 Å². The molecule has 0 aliphatic carbocycles. The lowest BCUT2D eigenvalue weighted by Crippen LogP contribution is -2.26. The first kappa shape index (κ1) is 12.4. The van der Waals surface area contributed by atoms with Crippen LogP contribution in [-0.4, -0.2) is 16.9 Å². The summed E-state index contributed by atoms with van der Waals surface area (Å²) in [6.07, 6.45) is 0. The summed E-state index contributed by atoms with van der Waals surface area (Å²) in [7, 11) is -0.343. The summed E-state index contributed by atoms with van der Waals surface area (Å²) in [5.41, 5.74) is 0. The molecule has 0 bridgehead atoms. The van der Waals surface area contributed by atoms with Crippen molar-refractivity contribution in [3.8, 4) is 0 Å². The van der Waals surface area contributed by atoms with Gasteiger partial charge in [0.1, 0.15) is 0 Å². The minimum atomic E-state index is -0.343. The first-order valence-corrected chi connectivity index (χ1v) is 5.89. The van der Waals surface area contributed by atoms with Crippen molar-refractivity contribution < 1.29 is 4.52 Å². The molecule has 12 heavy (non-hydrogen) atoms. The van der Waals surface area contributed by atoms with Crippen LogP contribution < -0.4 is 0 Å². The highest BCUT2D eigenvalue weighted by Crippen LogP contribution is 2.59. The Bertz CT molecular complexity index is 116. The molecule has 2 heteroatoms. The van der Waals surface area contributed by atoms with Crippen molar-refractivity contribution in [2.75, 3.05) is 6.61 Å². The van der Waals surface area contributed by atoms with Crippen molar-refractivity contribution in [1.82, 2.24) is 0 Å². The average Bonchev–Trinajstić information content (AvgIpc) is 1.77. The summed E-state index contributed by atoms with van der Waals surface area (Å²) in [6.45, 7) is 16.5. The predicted octanol–water partition coefficient (Wildman–Crippen LogP) is 4.02. The maximum Gasteiger partial charge on any atom is 0.0481 e. The van der Waals surface area contributed by atoms with Crippen LogP contribution in [0.5, 0.6) is 0 Å². The Balaban J connectivity index is 4.45. The normalized spacial score (nSPS) is 14.0. The Morgan fingerprint density at radius 2 is 1.25 bits per heavy atom. The summed E-state index contributed by atoms with van der Waals surface area (Å²) in [6, 6.07) is 0. The molecule has 0 aromatic heterocycles. The molecule has 74 valence electrons. The van der Waals surface area contributed by atoms with E-state index in [4.69, 9.17) is 4.52 Å². The Kier molecular flexibility index (Phi) is 4.20. The van der Waals surface area contributed by atoms with Gasteiger partial charge in [-0.15, -0.1) is 0 Å². The molecule has 0 saturated carbocycles. The fourth-order valence-electron chi connectivity index (χ4n) is 1.52. The molecule has 0 spiro atoms. The van der Waals surface area contributed by atoms with E-state index < -0.39 is 0 Å². The molecule has 0 aliphatic rings. The molecular weight excluding hydrogens is 167 g/mol. The van der Waals surface area contributed by atoms with Crippen LogP contribution in [-0.2, 0) is 4.52 Å². The second-order valence-corrected chi connectivity index (χ2v) is 8.58. The first-order chi connectivity index (χ1) is 5.19. The SMILES string of the molecule is CCOP(C(C)(C)C)C(C)(C)C. The zero-order valence-corrected chi connectivity index (χ0v) is 10.5. The lowest BCUT2D eigenvalue weighted by atomic mass is 10.2. The lowest BCUT2D eigenvalue weighted by Gasteiger charge is -2.39. The van der Waals surface area contributed by atoms with Gasteiger partial charge >= 0.3 is 0 Å². The summed E-state index contributed by atoms with van der Waals surface area (Å²) >= 11 is 0. The highest BCUT2D eigenvalue weighted by molar-refractivity contribution is 7.55. The van der Waals surface area contributed by atoms with E-state index >= 15 is 0 Å². The second-order valence-electron chi connectivity index (χ2n) is 5.05. The quantitative estimate of drug-likeness (QED) is 0.598. The maximum absolute atomic E-state index is 5.84. The second kappa shape index (κ2) is 4.07. The molecule has 0 N–H and O–H groups in total. The van der Waals surface area contributed by atoms with Crippen LogP contribution in [0.3, 0.4) is 0 Å². The van der Waals surface area contributed by atoms with Crippen LogP contribution in [0.1, 0.15) is 48.5 Å². The summed E-state index contributed by atoms with van der Waals surface area (Å²) in [4.78, 5) is 0. The van der Waals surface area contributed by atoms with Gasteiger partial charge in [0.05, 0.1) is 0 Å². The third kappa shape index (κ3) is 3.87. The summed E-state index contributed by atoms with van der Waals surface area (Å²) < 4.78 is 5.84. The number of rotatable bonds is 2. The zero-order valence-electron chi connectivity index (χ0n) is 9.56. The van der Waals surface area contributed by atoms with Crippen LogP contribution in [0, 0.1) is 0 Å². The smallest absolute Gasteiger partial charge is 0.0481 e. The van der Waals surface area contributed by atoms with Gasteiger partial charge in [0.15, 0.2) is 0 Å². The van der Waals surface area contributed by atoms with Gasteiger partial charge in [-0.25, -0.2) is 0 Å². The van der Waals surface area contributed by atoms with Crippen LogP contribution in [0.25, 0.3) is 0 Å². The monoisotopic (exact) mass is 190 g/mol. The molecular formula is C10H23OP. The van der Waals surface area contributed by atoms with E-state index in [1.54, 1.807) is 0 Å². The summed E-state index contributed by atoms with van der Waals surface area (Å²) in [5.74, 6) is 0. The van der Waals surface area contributed by atoms with Crippen molar-refractivity contribution >= 4 is 8.15 Å². The van der Waals surface area contributed by atoms with E-state index in [1.165, 1.54) is 0 Å². The van der Waals surface area contributed by atoms with Crippen LogP contribution in [0.2, 0.25) is 0 Å². The van der Waals surface area contributed by atoms with E-state index in [-0.39, 0.29) is 8.15 Å². The molecule has 0 heterocycles. The minimum absolute atomic E-state index is 0.295. The molecule has 1 nitrogen and oxygen atoms in total. The Labute approximate surface area is 78.7 Å². The zero-order chi connectivity index (χ0) is 9.99. The highest BCUT2D eigenvalue weighted by atomic mass is 31.1.